The fourth-order valence-electron chi connectivity index (χ4n) is 1.38. The Balaban J connectivity index is 2.01. The lowest BCUT2D eigenvalue weighted by atomic mass is 10.2. The fraction of sp³-hybridized carbons (Fsp3) is 0.167. The zero-order chi connectivity index (χ0) is 12.3. The van der Waals surface area contributed by atoms with Gasteiger partial charge in [0.15, 0.2) is 5.13 Å². The number of nitrogens with one attached hydrogen (secondary N) is 2. The maximum atomic E-state index is 11.7. The SMILES string of the molecule is Cc1csc(NC(=O)Nc2ccccc2C)n1. The molecule has 2 aromatic rings. The first kappa shape index (κ1) is 11.6. The summed E-state index contributed by atoms with van der Waals surface area (Å²) in [6.45, 7) is 3.84. The largest absolute Gasteiger partial charge is 0.325 e. The number of hydrogen-bond donors (Lipinski definition) is 2. The first-order valence-electron chi connectivity index (χ1n) is 5.21. The zero-order valence-corrected chi connectivity index (χ0v) is 10.5. The Morgan fingerprint density at radius 2 is 2.00 bits per heavy atom. The number of benzene rings is 1. The number of urea groups is 1. The van der Waals surface area contributed by atoms with Crippen molar-refractivity contribution in [2.75, 3.05) is 10.6 Å². The van der Waals surface area contributed by atoms with Gasteiger partial charge in [0.1, 0.15) is 0 Å². The number of carbonyl (C=O) groups is 1. The highest BCUT2D eigenvalue weighted by molar-refractivity contribution is 7.13. The van der Waals surface area contributed by atoms with Crippen molar-refractivity contribution in [2.24, 2.45) is 0 Å². The average molecular weight is 247 g/mol. The van der Waals surface area contributed by atoms with Crippen LogP contribution in [-0.2, 0) is 0 Å². The first-order chi connectivity index (χ1) is 8.15. The van der Waals surface area contributed by atoms with Gasteiger partial charge in [-0.15, -0.1) is 11.3 Å². The zero-order valence-electron chi connectivity index (χ0n) is 9.65. The molecule has 4 nitrogen and oxygen atoms in total. The van der Waals surface area contributed by atoms with Crippen molar-refractivity contribution in [1.29, 1.82) is 0 Å². The molecule has 0 spiro atoms. The van der Waals surface area contributed by atoms with E-state index in [9.17, 15) is 4.79 Å². The summed E-state index contributed by atoms with van der Waals surface area (Å²) in [5, 5.41) is 7.98. The lowest BCUT2D eigenvalue weighted by Gasteiger charge is -2.07. The van der Waals surface area contributed by atoms with Crippen molar-refractivity contribution < 1.29 is 4.79 Å². The van der Waals surface area contributed by atoms with Gasteiger partial charge in [0.25, 0.3) is 0 Å². The number of para-hydroxylation sites is 1. The van der Waals surface area contributed by atoms with Crippen molar-refractivity contribution in [3.8, 4) is 0 Å². The third-order valence-electron chi connectivity index (χ3n) is 2.23. The molecule has 88 valence electrons. The number of hydrogen-bond acceptors (Lipinski definition) is 3. The third-order valence-corrected chi connectivity index (χ3v) is 3.11. The van der Waals surface area contributed by atoms with Crippen molar-refractivity contribution >= 4 is 28.2 Å². The molecule has 0 unspecified atom stereocenters. The summed E-state index contributed by atoms with van der Waals surface area (Å²) in [6, 6.07) is 7.36. The summed E-state index contributed by atoms with van der Waals surface area (Å²) >= 11 is 1.41. The molecule has 2 N–H and O–H groups in total. The van der Waals surface area contributed by atoms with Crippen molar-refractivity contribution in [3.05, 3.63) is 40.9 Å². The van der Waals surface area contributed by atoms with Gasteiger partial charge in [-0.05, 0) is 25.5 Å². The molecule has 0 aliphatic carbocycles. The smallest absolute Gasteiger partial charge is 0.307 e. The van der Waals surface area contributed by atoms with Gasteiger partial charge >= 0.3 is 6.03 Å². The summed E-state index contributed by atoms with van der Waals surface area (Å²) in [4.78, 5) is 15.8. The molecule has 0 saturated heterocycles. The Hall–Kier alpha value is -1.88. The van der Waals surface area contributed by atoms with E-state index in [2.05, 4.69) is 15.6 Å². The fourth-order valence-corrected chi connectivity index (χ4v) is 2.06. The van der Waals surface area contributed by atoms with Crippen LogP contribution >= 0.6 is 11.3 Å². The molecule has 1 heterocycles. The van der Waals surface area contributed by atoms with E-state index in [1.807, 2.05) is 43.5 Å². The topological polar surface area (TPSA) is 54.0 Å². The molecule has 17 heavy (non-hydrogen) atoms. The predicted octanol–water partition coefficient (Wildman–Crippen LogP) is 3.40. The molecular weight excluding hydrogens is 234 g/mol. The summed E-state index contributed by atoms with van der Waals surface area (Å²) in [5.41, 5.74) is 2.73. The summed E-state index contributed by atoms with van der Waals surface area (Å²) in [5.74, 6) is 0. The van der Waals surface area contributed by atoms with Crippen LogP contribution in [0.5, 0.6) is 0 Å². The van der Waals surface area contributed by atoms with E-state index in [1.165, 1.54) is 11.3 Å². The van der Waals surface area contributed by atoms with E-state index in [0.717, 1.165) is 16.9 Å². The van der Waals surface area contributed by atoms with Crippen LogP contribution in [0.15, 0.2) is 29.6 Å². The monoisotopic (exact) mass is 247 g/mol. The Labute approximate surface area is 104 Å². The Morgan fingerprint density at radius 3 is 2.65 bits per heavy atom. The van der Waals surface area contributed by atoms with E-state index in [4.69, 9.17) is 0 Å². The molecule has 0 aliphatic rings. The standard InChI is InChI=1S/C12H13N3OS/c1-8-5-3-4-6-10(8)14-11(16)15-12-13-9(2)7-17-12/h3-7H,1-2H3,(H2,13,14,15,16). The van der Waals surface area contributed by atoms with Gasteiger partial charge in [0.2, 0.25) is 0 Å². The summed E-state index contributed by atoms with van der Waals surface area (Å²) < 4.78 is 0. The number of amides is 2. The molecule has 5 heteroatoms. The molecule has 0 saturated carbocycles. The normalized spacial score (nSPS) is 10.0. The predicted molar refractivity (Wildman–Crippen MR) is 70.7 cm³/mol. The van der Waals surface area contributed by atoms with Gasteiger partial charge in [0.05, 0.1) is 5.69 Å². The molecule has 2 rings (SSSR count). The molecule has 0 bridgehead atoms. The second kappa shape index (κ2) is 4.97. The van der Waals surface area contributed by atoms with Crippen LogP contribution in [-0.4, -0.2) is 11.0 Å². The van der Waals surface area contributed by atoms with Gasteiger partial charge < -0.3 is 5.32 Å². The number of carbonyl (C=O) groups excluding carboxylic acids is 1. The molecule has 2 amide bonds. The van der Waals surface area contributed by atoms with Gasteiger partial charge in [0, 0.05) is 11.1 Å². The second-order valence-electron chi connectivity index (χ2n) is 3.69. The maximum Gasteiger partial charge on any atom is 0.325 e. The van der Waals surface area contributed by atoms with Crippen LogP contribution < -0.4 is 10.6 Å². The molecule has 0 fully saturated rings. The van der Waals surface area contributed by atoms with Crippen LogP contribution in [0.25, 0.3) is 0 Å². The molecule has 0 radical (unpaired) electrons. The number of rotatable bonds is 2. The van der Waals surface area contributed by atoms with E-state index in [0.29, 0.717) is 5.13 Å². The molecule has 1 aromatic heterocycles. The van der Waals surface area contributed by atoms with Gasteiger partial charge in [-0.3, -0.25) is 5.32 Å². The number of aryl methyl sites for hydroxylation is 2. The van der Waals surface area contributed by atoms with Crippen LogP contribution in [0.4, 0.5) is 15.6 Å². The third kappa shape index (κ3) is 3.04. The quantitative estimate of drug-likeness (QED) is 0.854. The van der Waals surface area contributed by atoms with Crippen LogP contribution in [0.2, 0.25) is 0 Å². The minimum atomic E-state index is -0.270. The second-order valence-corrected chi connectivity index (χ2v) is 4.55. The number of anilines is 2. The van der Waals surface area contributed by atoms with Crippen molar-refractivity contribution in [2.45, 2.75) is 13.8 Å². The number of nitrogens with zero attached hydrogens (tertiary/aromatic N) is 1. The lowest BCUT2D eigenvalue weighted by Crippen LogP contribution is -2.19. The molecule has 1 aromatic carbocycles. The number of aromatic nitrogens is 1. The molecular formula is C12H13N3OS. The minimum absolute atomic E-state index is 0.270. The highest BCUT2D eigenvalue weighted by atomic mass is 32.1. The van der Waals surface area contributed by atoms with E-state index in [-0.39, 0.29) is 6.03 Å². The molecule has 0 aliphatic heterocycles. The summed E-state index contributed by atoms with van der Waals surface area (Å²) in [6.07, 6.45) is 0. The molecule has 0 atom stereocenters. The maximum absolute atomic E-state index is 11.7. The van der Waals surface area contributed by atoms with Gasteiger partial charge in [-0.2, -0.15) is 0 Å². The van der Waals surface area contributed by atoms with Gasteiger partial charge in [-0.1, -0.05) is 18.2 Å². The van der Waals surface area contributed by atoms with E-state index < -0.39 is 0 Å². The Kier molecular flexibility index (Phi) is 3.39. The Morgan fingerprint density at radius 1 is 1.24 bits per heavy atom. The van der Waals surface area contributed by atoms with E-state index in [1.54, 1.807) is 0 Å². The minimum Gasteiger partial charge on any atom is -0.307 e. The van der Waals surface area contributed by atoms with Crippen LogP contribution in [0.3, 0.4) is 0 Å². The average Bonchev–Trinajstić information content (AvgIpc) is 2.67. The Bertz CT molecular complexity index is 536. The van der Waals surface area contributed by atoms with Crippen molar-refractivity contribution in [1.82, 2.24) is 4.98 Å². The summed E-state index contributed by atoms with van der Waals surface area (Å²) in [7, 11) is 0. The van der Waals surface area contributed by atoms with Crippen LogP contribution in [0.1, 0.15) is 11.3 Å². The van der Waals surface area contributed by atoms with Crippen molar-refractivity contribution in [3.63, 3.8) is 0 Å². The highest BCUT2D eigenvalue weighted by Crippen LogP contribution is 2.16. The lowest BCUT2D eigenvalue weighted by molar-refractivity contribution is 0.262. The van der Waals surface area contributed by atoms with Gasteiger partial charge in [-0.25, -0.2) is 9.78 Å². The first-order valence-corrected chi connectivity index (χ1v) is 6.09. The highest BCUT2D eigenvalue weighted by Gasteiger charge is 2.06. The van der Waals surface area contributed by atoms with E-state index >= 15 is 0 Å². The number of thiazole rings is 1. The van der Waals surface area contributed by atoms with Crippen LogP contribution in [0, 0.1) is 13.8 Å².